The van der Waals surface area contributed by atoms with Gasteiger partial charge >= 0.3 is 0 Å². The normalized spacial score (nSPS) is 12.2. The Morgan fingerprint density at radius 1 is 1.21 bits per heavy atom. The minimum Gasteiger partial charge on any atom is -0.497 e. The minimum atomic E-state index is -0.369. The number of nitro groups is 1. The molecule has 0 saturated carbocycles. The smallest absolute Gasteiger partial charge is 0.215 e. The first kappa shape index (κ1) is 18.5. The number of fused-ring (bicyclic) bond motifs is 1. The van der Waals surface area contributed by atoms with Gasteiger partial charge in [-0.2, -0.15) is 0 Å². The standard InChI is InChI=1S/C21H17ClN2O3S/c1-27-15-5-2-4-13(10-15)21-20(16-8-7-14(22)11-18(16)23-21)17(12-24(25)26)19-6-3-9-28-19/h2-11,17,23H,12H2,1H3. The first-order valence-electron chi connectivity index (χ1n) is 8.67. The van der Waals surface area contributed by atoms with Crippen LogP contribution in [0.3, 0.4) is 0 Å². The molecular weight excluding hydrogens is 396 g/mol. The summed E-state index contributed by atoms with van der Waals surface area (Å²) in [5.41, 5.74) is 3.51. The van der Waals surface area contributed by atoms with Crippen LogP contribution in [-0.4, -0.2) is 23.6 Å². The summed E-state index contributed by atoms with van der Waals surface area (Å²) in [6.07, 6.45) is 0. The highest BCUT2D eigenvalue weighted by molar-refractivity contribution is 7.10. The molecule has 2 aromatic heterocycles. The Kier molecular flexibility index (Phi) is 5.07. The van der Waals surface area contributed by atoms with Gasteiger partial charge in [0.25, 0.3) is 0 Å². The molecule has 0 bridgehead atoms. The molecule has 0 amide bonds. The van der Waals surface area contributed by atoms with Crippen molar-refractivity contribution >= 4 is 33.8 Å². The zero-order valence-corrected chi connectivity index (χ0v) is 16.6. The summed E-state index contributed by atoms with van der Waals surface area (Å²) in [7, 11) is 1.62. The lowest BCUT2D eigenvalue weighted by Gasteiger charge is -2.14. The van der Waals surface area contributed by atoms with Crippen LogP contribution < -0.4 is 4.74 Å². The molecule has 142 valence electrons. The molecule has 4 aromatic rings. The maximum absolute atomic E-state index is 11.5. The van der Waals surface area contributed by atoms with Gasteiger partial charge in [0.1, 0.15) is 5.75 Å². The Bertz CT molecular complexity index is 1140. The number of nitrogens with zero attached hydrogens (tertiary/aromatic N) is 1. The molecule has 5 nitrogen and oxygen atoms in total. The fraction of sp³-hybridized carbons (Fsp3) is 0.143. The number of thiophene rings is 1. The van der Waals surface area contributed by atoms with E-state index in [1.807, 2.05) is 60.0 Å². The summed E-state index contributed by atoms with van der Waals surface area (Å²) >= 11 is 7.72. The van der Waals surface area contributed by atoms with Crippen molar-refractivity contribution < 1.29 is 9.66 Å². The molecule has 1 N–H and O–H groups in total. The van der Waals surface area contributed by atoms with Crippen molar-refractivity contribution in [1.82, 2.24) is 4.98 Å². The van der Waals surface area contributed by atoms with Crippen LogP contribution in [0.4, 0.5) is 0 Å². The van der Waals surface area contributed by atoms with Gasteiger partial charge < -0.3 is 9.72 Å². The molecule has 4 rings (SSSR count). The lowest BCUT2D eigenvalue weighted by molar-refractivity contribution is -0.481. The molecule has 0 saturated heterocycles. The summed E-state index contributed by atoms with van der Waals surface area (Å²) in [6.45, 7) is -0.187. The molecule has 0 aliphatic rings. The molecule has 0 fully saturated rings. The van der Waals surface area contributed by atoms with Crippen LogP contribution in [0.1, 0.15) is 16.4 Å². The van der Waals surface area contributed by atoms with Crippen LogP contribution >= 0.6 is 22.9 Å². The Labute approximate surface area is 170 Å². The number of ether oxygens (including phenoxy) is 1. The molecular formula is C21H17ClN2O3S. The van der Waals surface area contributed by atoms with Gasteiger partial charge in [0, 0.05) is 36.9 Å². The van der Waals surface area contributed by atoms with E-state index in [0.717, 1.165) is 38.4 Å². The van der Waals surface area contributed by atoms with Crippen molar-refractivity contribution in [3.8, 4) is 17.0 Å². The van der Waals surface area contributed by atoms with Crippen molar-refractivity contribution in [3.05, 3.63) is 85.6 Å². The van der Waals surface area contributed by atoms with Gasteiger partial charge in [0.2, 0.25) is 6.54 Å². The molecule has 0 aliphatic heterocycles. The number of nitrogens with one attached hydrogen (secondary N) is 1. The molecule has 1 atom stereocenters. The molecule has 0 aliphatic carbocycles. The number of aromatic amines is 1. The third kappa shape index (κ3) is 3.48. The summed E-state index contributed by atoms with van der Waals surface area (Å²) in [6, 6.07) is 17.1. The van der Waals surface area contributed by atoms with Gasteiger partial charge in [0.05, 0.1) is 18.7 Å². The Morgan fingerprint density at radius 2 is 2.07 bits per heavy atom. The number of halogens is 1. The fourth-order valence-electron chi connectivity index (χ4n) is 3.52. The lowest BCUT2D eigenvalue weighted by atomic mass is 9.92. The van der Waals surface area contributed by atoms with Crippen LogP contribution in [-0.2, 0) is 0 Å². The average Bonchev–Trinajstić information content (AvgIpc) is 3.34. The van der Waals surface area contributed by atoms with Crippen molar-refractivity contribution in [1.29, 1.82) is 0 Å². The van der Waals surface area contributed by atoms with Crippen LogP contribution in [0.25, 0.3) is 22.2 Å². The van der Waals surface area contributed by atoms with Crippen LogP contribution in [0.2, 0.25) is 5.02 Å². The minimum absolute atomic E-state index is 0.187. The third-order valence-electron chi connectivity index (χ3n) is 4.73. The van der Waals surface area contributed by atoms with Gasteiger partial charge in [-0.1, -0.05) is 35.9 Å². The molecule has 7 heteroatoms. The van der Waals surface area contributed by atoms with Crippen LogP contribution in [0.5, 0.6) is 5.75 Å². The summed E-state index contributed by atoms with van der Waals surface area (Å²) in [5, 5.41) is 15.0. The van der Waals surface area contributed by atoms with E-state index in [9.17, 15) is 10.1 Å². The zero-order chi connectivity index (χ0) is 19.7. The first-order chi connectivity index (χ1) is 13.6. The number of hydrogen-bond acceptors (Lipinski definition) is 4. The van der Waals surface area contributed by atoms with E-state index in [1.54, 1.807) is 7.11 Å². The highest BCUT2D eigenvalue weighted by atomic mass is 35.5. The first-order valence-corrected chi connectivity index (χ1v) is 9.93. The number of methoxy groups -OCH3 is 1. The number of H-pyrrole nitrogens is 1. The van der Waals surface area contributed by atoms with Crippen molar-refractivity contribution in [3.63, 3.8) is 0 Å². The second kappa shape index (κ2) is 7.66. The van der Waals surface area contributed by atoms with Gasteiger partial charge in [-0.15, -0.1) is 11.3 Å². The predicted molar refractivity (Wildman–Crippen MR) is 113 cm³/mol. The third-order valence-corrected chi connectivity index (χ3v) is 5.95. The van der Waals surface area contributed by atoms with E-state index in [-0.39, 0.29) is 17.4 Å². The number of rotatable bonds is 6. The fourth-order valence-corrected chi connectivity index (χ4v) is 4.52. The average molecular weight is 413 g/mol. The molecule has 1 unspecified atom stereocenters. The van der Waals surface area contributed by atoms with Gasteiger partial charge in [0.15, 0.2) is 0 Å². The van der Waals surface area contributed by atoms with Gasteiger partial charge in [-0.25, -0.2) is 0 Å². The molecule has 0 spiro atoms. The van der Waals surface area contributed by atoms with Crippen LogP contribution in [0.15, 0.2) is 60.0 Å². The second-order valence-electron chi connectivity index (χ2n) is 6.42. The Morgan fingerprint density at radius 3 is 2.79 bits per heavy atom. The second-order valence-corrected chi connectivity index (χ2v) is 7.83. The zero-order valence-electron chi connectivity index (χ0n) is 15.0. The monoisotopic (exact) mass is 412 g/mol. The van der Waals surface area contributed by atoms with E-state index in [2.05, 4.69) is 4.98 Å². The van der Waals surface area contributed by atoms with Crippen molar-refractivity contribution in [2.75, 3.05) is 13.7 Å². The van der Waals surface area contributed by atoms with E-state index in [4.69, 9.17) is 16.3 Å². The highest BCUT2D eigenvalue weighted by Crippen LogP contribution is 2.41. The maximum atomic E-state index is 11.5. The van der Waals surface area contributed by atoms with E-state index < -0.39 is 0 Å². The predicted octanol–water partition coefficient (Wildman–Crippen LogP) is 5.97. The van der Waals surface area contributed by atoms with Gasteiger partial charge in [-0.3, -0.25) is 10.1 Å². The van der Waals surface area contributed by atoms with Crippen molar-refractivity contribution in [2.45, 2.75) is 5.92 Å². The number of benzene rings is 2. The topological polar surface area (TPSA) is 68.2 Å². The van der Waals surface area contributed by atoms with Gasteiger partial charge in [-0.05, 0) is 35.7 Å². The highest BCUT2D eigenvalue weighted by Gasteiger charge is 2.28. The Hall–Kier alpha value is -2.83. The van der Waals surface area contributed by atoms with Crippen LogP contribution in [0, 0.1) is 10.1 Å². The quantitative estimate of drug-likeness (QED) is 0.313. The summed E-state index contributed by atoms with van der Waals surface area (Å²) < 4.78 is 5.37. The largest absolute Gasteiger partial charge is 0.497 e. The molecule has 28 heavy (non-hydrogen) atoms. The van der Waals surface area contributed by atoms with E-state index >= 15 is 0 Å². The Balaban J connectivity index is 2.00. The van der Waals surface area contributed by atoms with E-state index in [1.165, 1.54) is 11.3 Å². The molecule has 2 heterocycles. The summed E-state index contributed by atoms with van der Waals surface area (Å²) in [5.74, 6) is 0.355. The van der Waals surface area contributed by atoms with E-state index in [0.29, 0.717) is 5.02 Å². The lowest BCUT2D eigenvalue weighted by Crippen LogP contribution is -2.13. The maximum Gasteiger partial charge on any atom is 0.215 e. The molecule has 0 radical (unpaired) electrons. The van der Waals surface area contributed by atoms with Crippen molar-refractivity contribution in [2.24, 2.45) is 0 Å². The SMILES string of the molecule is COc1cccc(-c2[nH]c3cc(Cl)ccc3c2C(C[N+](=O)[O-])c2cccs2)c1. The number of aromatic nitrogens is 1. The summed E-state index contributed by atoms with van der Waals surface area (Å²) in [4.78, 5) is 15.6. The molecule has 2 aromatic carbocycles. The number of hydrogen-bond donors (Lipinski definition) is 1.